The van der Waals surface area contributed by atoms with Gasteiger partial charge in [-0.3, -0.25) is 9.59 Å². The molecule has 0 rings (SSSR count). The number of rotatable bonds is 11. The summed E-state index contributed by atoms with van der Waals surface area (Å²) in [5.74, 6) is 0.659. The van der Waals surface area contributed by atoms with Crippen LogP contribution in [0.2, 0.25) is 0 Å². The first kappa shape index (κ1) is 19.9. The maximum atomic E-state index is 11.4. The molecule has 20 heavy (non-hydrogen) atoms. The van der Waals surface area contributed by atoms with Gasteiger partial charge < -0.3 is 4.74 Å². The lowest BCUT2D eigenvalue weighted by atomic mass is 10.1. The minimum atomic E-state index is -0.485. The molecule has 0 aromatic rings. The first-order valence-corrected chi connectivity index (χ1v) is 9.36. The average molecular weight is 337 g/mol. The molecule has 0 aromatic carbocycles. The van der Waals surface area contributed by atoms with E-state index in [4.69, 9.17) is 12.2 Å². The van der Waals surface area contributed by atoms with Crippen LogP contribution < -0.4 is 0 Å². The van der Waals surface area contributed by atoms with Crippen molar-refractivity contribution in [1.29, 1.82) is 0 Å². The van der Waals surface area contributed by atoms with Gasteiger partial charge in [-0.15, -0.1) is 11.8 Å². The fourth-order valence-electron chi connectivity index (χ4n) is 1.50. The molecule has 0 amide bonds. The second-order valence-corrected chi connectivity index (χ2v) is 7.72. The Kier molecular flexibility index (Phi) is 13.8. The van der Waals surface area contributed by atoms with Gasteiger partial charge in [0.25, 0.3) is 0 Å². The summed E-state index contributed by atoms with van der Waals surface area (Å²) in [5, 5.41) is 0. The minimum Gasteiger partial charge on any atom is -0.469 e. The van der Waals surface area contributed by atoms with Gasteiger partial charge in [0.2, 0.25) is 0 Å². The van der Waals surface area contributed by atoms with E-state index in [0.29, 0.717) is 0 Å². The number of thioether (sulfide) groups is 2. The molecule has 0 aliphatic heterocycles. The lowest BCUT2D eigenvalue weighted by Gasteiger charge is -2.03. The Hall–Kier alpha value is -0.0700. The third-order valence-corrected chi connectivity index (χ3v) is 5.48. The quantitative estimate of drug-likeness (QED) is 0.243. The molecule has 0 unspecified atom stereocenters. The van der Waals surface area contributed by atoms with Crippen LogP contribution in [0.25, 0.3) is 0 Å². The second-order valence-electron chi connectivity index (χ2n) is 4.45. The van der Waals surface area contributed by atoms with Crippen molar-refractivity contribution in [2.24, 2.45) is 0 Å². The summed E-state index contributed by atoms with van der Waals surface area (Å²) in [6.45, 7) is 2.22. The highest BCUT2D eigenvalue weighted by atomic mass is 32.2. The molecular weight excluding hydrogens is 312 g/mol. The van der Waals surface area contributed by atoms with Crippen LogP contribution in [0.4, 0.5) is 0 Å². The van der Waals surface area contributed by atoms with E-state index in [1.54, 1.807) is 11.8 Å². The molecule has 0 radical (unpaired) electrons. The van der Waals surface area contributed by atoms with Gasteiger partial charge in [0.05, 0.1) is 12.9 Å². The molecule has 0 spiro atoms. The van der Waals surface area contributed by atoms with Gasteiger partial charge in [0, 0.05) is 0 Å². The van der Waals surface area contributed by atoms with Crippen molar-refractivity contribution < 1.29 is 14.3 Å². The molecule has 116 valence electrons. The van der Waals surface area contributed by atoms with E-state index in [1.165, 1.54) is 57.4 Å². The zero-order valence-corrected chi connectivity index (χ0v) is 14.8. The molecule has 0 N–H and O–H groups in total. The SMILES string of the molecule is CCCCCCCCSC(=S)SCC(=O)CC(=O)OC. The fourth-order valence-corrected chi connectivity index (χ4v) is 3.59. The summed E-state index contributed by atoms with van der Waals surface area (Å²) in [4.78, 5) is 22.3. The number of carbonyl (C=O) groups is 2. The van der Waals surface area contributed by atoms with Crippen LogP contribution in [-0.4, -0.2) is 33.9 Å². The molecular formula is C14H24O3S3. The molecule has 0 aliphatic carbocycles. The highest BCUT2D eigenvalue weighted by molar-refractivity contribution is 8.47. The number of esters is 1. The van der Waals surface area contributed by atoms with E-state index in [-0.39, 0.29) is 18.0 Å². The summed E-state index contributed by atoms with van der Waals surface area (Å²) in [7, 11) is 1.28. The predicted octanol–water partition coefficient (Wildman–Crippen LogP) is 4.23. The van der Waals surface area contributed by atoms with Crippen LogP contribution in [0.3, 0.4) is 0 Å². The van der Waals surface area contributed by atoms with E-state index >= 15 is 0 Å². The second kappa shape index (κ2) is 13.9. The summed E-state index contributed by atoms with van der Waals surface area (Å²) in [5.41, 5.74) is 0. The van der Waals surface area contributed by atoms with Crippen molar-refractivity contribution >= 4 is 51.0 Å². The van der Waals surface area contributed by atoms with Gasteiger partial charge in [0.1, 0.15) is 9.95 Å². The third kappa shape index (κ3) is 12.9. The molecule has 0 fully saturated rings. The molecule has 6 heteroatoms. The molecule has 0 aromatic heterocycles. The normalized spacial score (nSPS) is 10.3. The molecule has 0 heterocycles. The van der Waals surface area contributed by atoms with Gasteiger partial charge in [-0.05, 0) is 12.2 Å². The molecule has 0 atom stereocenters. The van der Waals surface area contributed by atoms with Gasteiger partial charge in [-0.2, -0.15) is 0 Å². The lowest BCUT2D eigenvalue weighted by molar-refractivity contribution is -0.142. The Morgan fingerprint density at radius 3 is 2.35 bits per heavy atom. The number of hydrogen-bond acceptors (Lipinski definition) is 6. The smallest absolute Gasteiger partial charge is 0.313 e. The van der Waals surface area contributed by atoms with Crippen LogP contribution in [0.5, 0.6) is 0 Å². The Balaban J connectivity index is 3.45. The van der Waals surface area contributed by atoms with Crippen LogP contribution in [0.1, 0.15) is 51.9 Å². The number of Topliss-reactive ketones (excluding diaryl/α,β-unsaturated/α-hetero) is 1. The topological polar surface area (TPSA) is 43.4 Å². The van der Waals surface area contributed by atoms with Gasteiger partial charge in [0.15, 0.2) is 5.78 Å². The highest BCUT2D eigenvalue weighted by Crippen LogP contribution is 2.19. The average Bonchev–Trinajstić information content (AvgIpc) is 2.44. The highest BCUT2D eigenvalue weighted by Gasteiger charge is 2.10. The molecule has 3 nitrogen and oxygen atoms in total. The number of ether oxygens (including phenoxy) is 1. The van der Waals surface area contributed by atoms with Crippen LogP contribution >= 0.6 is 35.7 Å². The fraction of sp³-hybridized carbons (Fsp3) is 0.786. The Labute approximate surface area is 136 Å². The van der Waals surface area contributed by atoms with Crippen molar-refractivity contribution in [3.8, 4) is 0 Å². The van der Waals surface area contributed by atoms with E-state index in [0.717, 1.165) is 9.28 Å². The van der Waals surface area contributed by atoms with Crippen molar-refractivity contribution in [3.05, 3.63) is 0 Å². The number of carbonyl (C=O) groups excluding carboxylic acids is 2. The Morgan fingerprint density at radius 1 is 1.05 bits per heavy atom. The summed E-state index contributed by atoms with van der Waals surface area (Å²) < 4.78 is 5.23. The van der Waals surface area contributed by atoms with E-state index < -0.39 is 5.97 Å². The first-order chi connectivity index (χ1) is 9.60. The zero-order valence-electron chi connectivity index (χ0n) is 12.3. The number of ketones is 1. The van der Waals surface area contributed by atoms with Crippen molar-refractivity contribution in [3.63, 3.8) is 0 Å². The van der Waals surface area contributed by atoms with Crippen LogP contribution in [-0.2, 0) is 14.3 Å². The van der Waals surface area contributed by atoms with Crippen molar-refractivity contribution in [2.45, 2.75) is 51.9 Å². The van der Waals surface area contributed by atoms with Crippen LogP contribution in [0.15, 0.2) is 0 Å². The summed E-state index contributed by atoms with van der Waals surface area (Å²) in [6.07, 6.45) is 7.48. The molecule has 0 saturated carbocycles. The lowest BCUT2D eigenvalue weighted by Crippen LogP contribution is -2.11. The monoisotopic (exact) mass is 336 g/mol. The summed E-state index contributed by atoms with van der Waals surface area (Å²) >= 11 is 8.17. The number of methoxy groups -OCH3 is 1. The van der Waals surface area contributed by atoms with E-state index in [9.17, 15) is 9.59 Å². The maximum absolute atomic E-state index is 11.4. The predicted molar refractivity (Wildman–Crippen MR) is 92.5 cm³/mol. The molecule has 0 aliphatic rings. The standard InChI is InChI=1S/C14H24O3S3/c1-3-4-5-6-7-8-9-19-14(18)20-11-12(15)10-13(16)17-2/h3-11H2,1-2H3. The Bertz CT molecular complexity index is 306. The van der Waals surface area contributed by atoms with Gasteiger partial charge >= 0.3 is 5.97 Å². The molecule has 0 bridgehead atoms. The first-order valence-electron chi connectivity index (χ1n) is 6.98. The number of hydrogen-bond donors (Lipinski definition) is 0. The van der Waals surface area contributed by atoms with Gasteiger partial charge in [-0.25, -0.2) is 0 Å². The van der Waals surface area contributed by atoms with Crippen molar-refractivity contribution in [2.75, 3.05) is 18.6 Å². The third-order valence-electron chi connectivity index (χ3n) is 2.64. The van der Waals surface area contributed by atoms with E-state index in [1.807, 2.05) is 0 Å². The number of unbranched alkanes of at least 4 members (excludes halogenated alkanes) is 5. The summed E-state index contributed by atoms with van der Waals surface area (Å²) in [6, 6.07) is 0. The number of thiocarbonyl (C=S) groups is 1. The van der Waals surface area contributed by atoms with E-state index in [2.05, 4.69) is 11.7 Å². The van der Waals surface area contributed by atoms with Crippen LogP contribution in [0, 0.1) is 0 Å². The minimum absolute atomic E-state index is 0.135. The van der Waals surface area contributed by atoms with Gasteiger partial charge in [-0.1, -0.05) is 63.0 Å². The maximum Gasteiger partial charge on any atom is 0.313 e. The Morgan fingerprint density at radius 2 is 1.70 bits per heavy atom. The molecule has 0 saturated heterocycles. The van der Waals surface area contributed by atoms with Crippen molar-refractivity contribution in [1.82, 2.24) is 0 Å². The zero-order chi connectivity index (χ0) is 15.2. The largest absolute Gasteiger partial charge is 0.469 e.